The van der Waals surface area contributed by atoms with Crippen LogP contribution in [0, 0.1) is 17.1 Å². The third kappa shape index (κ3) is 3.80. The van der Waals surface area contributed by atoms with Crippen LogP contribution in [0.2, 0.25) is 0 Å². The molecule has 3 nitrogen and oxygen atoms in total. The maximum atomic E-state index is 13.6. The lowest BCUT2D eigenvalue weighted by Gasteiger charge is -2.12. The van der Waals surface area contributed by atoms with Gasteiger partial charge in [-0.1, -0.05) is 12.1 Å². The van der Waals surface area contributed by atoms with Crippen LogP contribution in [0.25, 0.3) is 0 Å². The van der Waals surface area contributed by atoms with Gasteiger partial charge in [0, 0.05) is 11.6 Å². The SMILES string of the molecule is CNC(C)c1ccc(OCc2cc(C#N)ccc2F)cc1. The highest BCUT2D eigenvalue weighted by Gasteiger charge is 2.06. The van der Waals surface area contributed by atoms with E-state index in [-0.39, 0.29) is 18.5 Å². The van der Waals surface area contributed by atoms with E-state index in [1.807, 2.05) is 37.4 Å². The van der Waals surface area contributed by atoms with Crippen molar-refractivity contribution in [2.45, 2.75) is 19.6 Å². The summed E-state index contributed by atoms with van der Waals surface area (Å²) < 4.78 is 19.2. The van der Waals surface area contributed by atoms with Gasteiger partial charge in [0.2, 0.25) is 0 Å². The van der Waals surface area contributed by atoms with Gasteiger partial charge in [0.05, 0.1) is 11.6 Å². The van der Waals surface area contributed by atoms with E-state index in [4.69, 9.17) is 10.00 Å². The number of hydrogen-bond donors (Lipinski definition) is 1. The second kappa shape index (κ2) is 6.87. The summed E-state index contributed by atoms with van der Waals surface area (Å²) in [4.78, 5) is 0. The number of nitrogens with one attached hydrogen (secondary N) is 1. The Morgan fingerprint density at radius 3 is 2.57 bits per heavy atom. The first-order chi connectivity index (χ1) is 10.1. The molecule has 1 atom stereocenters. The molecule has 0 radical (unpaired) electrons. The van der Waals surface area contributed by atoms with Crippen LogP contribution < -0.4 is 10.1 Å². The van der Waals surface area contributed by atoms with Crippen LogP contribution in [-0.4, -0.2) is 7.05 Å². The van der Waals surface area contributed by atoms with E-state index in [2.05, 4.69) is 12.2 Å². The smallest absolute Gasteiger partial charge is 0.129 e. The average Bonchev–Trinajstić information content (AvgIpc) is 2.54. The summed E-state index contributed by atoms with van der Waals surface area (Å²) in [7, 11) is 1.90. The monoisotopic (exact) mass is 284 g/mol. The molecule has 0 aromatic heterocycles. The summed E-state index contributed by atoms with van der Waals surface area (Å²) in [5.74, 6) is 0.304. The van der Waals surface area contributed by atoms with Gasteiger partial charge >= 0.3 is 0 Å². The molecule has 21 heavy (non-hydrogen) atoms. The van der Waals surface area contributed by atoms with E-state index in [0.717, 1.165) is 5.56 Å². The number of nitrogens with zero attached hydrogens (tertiary/aromatic N) is 1. The Bertz CT molecular complexity index is 647. The molecule has 0 amide bonds. The number of hydrogen-bond acceptors (Lipinski definition) is 3. The second-order valence-corrected chi connectivity index (χ2v) is 4.79. The summed E-state index contributed by atoms with van der Waals surface area (Å²) in [6.45, 7) is 2.17. The van der Waals surface area contributed by atoms with Gasteiger partial charge in [-0.25, -0.2) is 4.39 Å². The fourth-order valence-corrected chi connectivity index (χ4v) is 1.94. The van der Waals surface area contributed by atoms with Gasteiger partial charge in [-0.2, -0.15) is 5.26 Å². The highest BCUT2D eigenvalue weighted by molar-refractivity contribution is 5.34. The predicted molar refractivity (Wildman–Crippen MR) is 79.4 cm³/mol. The van der Waals surface area contributed by atoms with E-state index >= 15 is 0 Å². The van der Waals surface area contributed by atoms with E-state index in [0.29, 0.717) is 16.9 Å². The predicted octanol–water partition coefficient (Wildman–Crippen LogP) is 3.56. The Kier molecular flexibility index (Phi) is 4.91. The molecule has 0 aliphatic heterocycles. The summed E-state index contributed by atoms with van der Waals surface area (Å²) in [6, 6.07) is 14.2. The minimum atomic E-state index is -0.366. The summed E-state index contributed by atoms with van der Waals surface area (Å²) in [5, 5.41) is 12.0. The van der Waals surface area contributed by atoms with Crippen molar-refractivity contribution >= 4 is 0 Å². The minimum absolute atomic E-state index is 0.0995. The van der Waals surface area contributed by atoms with Gasteiger partial charge in [-0.3, -0.25) is 0 Å². The van der Waals surface area contributed by atoms with E-state index in [9.17, 15) is 4.39 Å². The first-order valence-electron chi connectivity index (χ1n) is 6.72. The van der Waals surface area contributed by atoms with Crippen molar-refractivity contribution in [3.05, 3.63) is 65.0 Å². The zero-order valence-corrected chi connectivity index (χ0v) is 12.1. The van der Waals surface area contributed by atoms with Crippen molar-refractivity contribution in [1.82, 2.24) is 5.32 Å². The van der Waals surface area contributed by atoms with Crippen LogP contribution in [0.1, 0.15) is 29.7 Å². The van der Waals surface area contributed by atoms with Crippen LogP contribution >= 0.6 is 0 Å². The fraction of sp³-hybridized carbons (Fsp3) is 0.235. The Balaban J connectivity index is 2.05. The van der Waals surface area contributed by atoms with Gasteiger partial charge in [-0.05, 0) is 49.9 Å². The largest absolute Gasteiger partial charge is 0.489 e. The number of nitriles is 1. The Morgan fingerprint density at radius 2 is 1.95 bits per heavy atom. The third-order valence-electron chi connectivity index (χ3n) is 3.38. The molecule has 0 bridgehead atoms. The normalized spacial score (nSPS) is 11.7. The molecular formula is C17H17FN2O. The molecule has 0 spiro atoms. The zero-order chi connectivity index (χ0) is 15.2. The molecule has 0 saturated carbocycles. The molecule has 2 rings (SSSR count). The topological polar surface area (TPSA) is 45.0 Å². The molecular weight excluding hydrogens is 267 g/mol. The fourth-order valence-electron chi connectivity index (χ4n) is 1.94. The van der Waals surface area contributed by atoms with Crippen LogP contribution in [0.4, 0.5) is 4.39 Å². The van der Waals surface area contributed by atoms with Gasteiger partial charge in [0.15, 0.2) is 0 Å². The highest BCUT2D eigenvalue weighted by atomic mass is 19.1. The van der Waals surface area contributed by atoms with Crippen LogP contribution in [-0.2, 0) is 6.61 Å². The molecule has 1 N–H and O–H groups in total. The summed E-state index contributed by atoms with van der Waals surface area (Å²) in [6.07, 6.45) is 0. The van der Waals surface area contributed by atoms with Crippen molar-refractivity contribution in [2.75, 3.05) is 7.05 Å². The first kappa shape index (κ1) is 15.0. The molecule has 0 saturated heterocycles. The molecule has 0 aliphatic rings. The van der Waals surface area contributed by atoms with E-state index in [1.54, 1.807) is 0 Å². The van der Waals surface area contributed by atoms with Crippen LogP contribution in [0.15, 0.2) is 42.5 Å². The van der Waals surface area contributed by atoms with Crippen molar-refractivity contribution in [2.24, 2.45) is 0 Å². The molecule has 108 valence electrons. The van der Waals surface area contributed by atoms with E-state index < -0.39 is 0 Å². The van der Waals surface area contributed by atoms with Gasteiger partial charge in [0.1, 0.15) is 18.2 Å². The third-order valence-corrected chi connectivity index (χ3v) is 3.38. The lowest BCUT2D eigenvalue weighted by molar-refractivity contribution is 0.299. The van der Waals surface area contributed by atoms with Crippen molar-refractivity contribution < 1.29 is 9.13 Å². The van der Waals surface area contributed by atoms with E-state index in [1.165, 1.54) is 18.2 Å². The Hall–Kier alpha value is -2.38. The molecule has 2 aromatic rings. The number of rotatable bonds is 5. The second-order valence-electron chi connectivity index (χ2n) is 4.79. The van der Waals surface area contributed by atoms with Gasteiger partial charge in [0.25, 0.3) is 0 Å². The first-order valence-corrected chi connectivity index (χ1v) is 6.72. The van der Waals surface area contributed by atoms with Gasteiger partial charge < -0.3 is 10.1 Å². The number of halogens is 1. The zero-order valence-electron chi connectivity index (χ0n) is 12.1. The highest BCUT2D eigenvalue weighted by Crippen LogP contribution is 2.19. The minimum Gasteiger partial charge on any atom is -0.489 e. The Morgan fingerprint density at radius 1 is 1.24 bits per heavy atom. The molecule has 0 heterocycles. The summed E-state index contributed by atoms with van der Waals surface area (Å²) in [5.41, 5.74) is 1.96. The standard InChI is InChI=1S/C17H17FN2O/c1-12(20-2)14-4-6-16(7-5-14)21-11-15-9-13(10-19)3-8-17(15)18/h3-9,12,20H,11H2,1-2H3. The lowest BCUT2D eigenvalue weighted by atomic mass is 10.1. The number of ether oxygens (including phenoxy) is 1. The molecule has 4 heteroatoms. The summed E-state index contributed by atoms with van der Waals surface area (Å²) >= 11 is 0. The Labute approximate surface area is 124 Å². The maximum absolute atomic E-state index is 13.6. The van der Waals surface area contributed by atoms with Gasteiger partial charge in [-0.15, -0.1) is 0 Å². The van der Waals surface area contributed by atoms with Crippen LogP contribution in [0.3, 0.4) is 0 Å². The molecule has 0 aliphatic carbocycles. The van der Waals surface area contributed by atoms with Crippen molar-refractivity contribution in [3.8, 4) is 11.8 Å². The van der Waals surface area contributed by atoms with Crippen molar-refractivity contribution in [1.29, 1.82) is 5.26 Å². The molecule has 2 aromatic carbocycles. The van der Waals surface area contributed by atoms with Crippen molar-refractivity contribution in [3.63, 3.8) is 0 Å². The number of benzene rings is 2. The lowest BCUT2D eigenvalue weighted by Crippen LogP contribution is -2.11. The van der Waals surface area contributed by atoms with Crippen LogP contribution in [0.5, 0.6) is 5.75 Å². The molecule has 1 unspecified atom stereocenters. The maximum Gasteiger partial charge on any atom is 0.129 e. The quantitative estimate of drug-likeness (QED) is 0.913. The molecule has 0 fully saturated rings. The average molecular weight is 284 g/mol.